The third-order valence-corrected chi connectivity index (χ3v) is 8.00. The summed E-state index contributed by atoms with van der Waals surface area (Å²) in [6.07, 6.45) is 6.53. The van der Waals surface area contributed by atoms with Gasteiger partial charge in [-0.05, 0) is 86.6 Å². The van der Waals surface area contributed by atoms with Crippen LogP contribution < -0.4 is 10.2 Å². The van der Waals surface area contributed by atoms with Crippen molar-refractivity contribution in [3.63, 3.8) is 0 Å². The third-order valence-electron chi connectivity index (χ3n) is 7.24. The van der Waals surface area contributed by atoms with E-state index in [4.69, 9.17) is 9.72 Å². The van der Waals surface area contributed by atoms with Crippen molar-refractivity contribution in [2.45, 2.75) is 38.9 Å². The zero-order valence-corrected chi connectivity index (χ0v) is 22.6. The molecule has 1 amide bonds. The van der Waals surface area contributed by atoms with Crippen LogP contribution in [0.15, 0.2) is 48.8 Å². The molecule has 2 unspecified atom stereocenters. The quantitative estimate of drug-likeness (QED) is 0.453. The van der Waals surface area contributed by atoms with Gasteiger partial charge in [-0.2, -0.15) is 11.8 Å². The first-order valence-electron chi connectivity index (χ1n) is 12.6. The zero-order chi connectivity index (χ0) is 26.2. The molecule has 0 spiro atoms. The van der Waals surface area contributed by atoms with Gasteiger partial charge in [0.25, 0.3) is 5.91 Å². The van der Waals surface area contributed by atoms with E-state index in [1.807, 2.05) is 36.2 Å². The second kappa shape index (κ2) is 10.4. The molecule has 2 atom stereocenters. The van der Waals surface area contributed by atoms with Gasteiger partial charge in [-0.3, -0.25) is 14.8 Å². The number of hydrogen-bond acceptors (Lipinski definition) is 6. The maximum Gasteiger partial charge on any atom is 0.255 e. The Morgan fingerprint density at radius 2 is 2.08 bits per heavy atom. The van der Waals surface area contributed by atoms with Crippen LogP contribution >= 0.6 is 11.8 Å². The molecule has 1 fully saturated rings. The number of morpholine rings is 1. The molecule has 6 nitrogen and oxygen atoms in total. The monoisotopic (exact) mass is 520 g/mol. The molecule has 2 aliphatic rings. The molecular weight excluding hydrogens is 487 g/mol. The average molecular weight is 521 g/mol. The van der Waals surface area contributed by atoms with Gasteiger partial charge in [0.2, 0.25) is 0 Å². The van der Waals surface area contributed by atoms with E-state index in [0.717, 1.165) is 54.3 Å². The fourth-order valence-corrected chi connectivity index (χ4v) is 5.99. The molecule has 1 saturated heterocycles. The number of aryl methyl sites for hydroxylation is 1. The van der Waals surface area contributed by atoms with Crippen LogP contribution in [0.25, 0.3) is 11.1 Å². The summed E-state index contributed by atoms with van der Waals surface area (Å²) in [5, 5.41) is 2.96. The Balaban J connectivity index is 1.43. The van der Waals surface area contributed by atoms with Gasteiger partial charge >= 0.3 is 0 Å². The molecule has 0 radical (unpaired) electrons. The maximum absolute atomic E-state index is 14.3. The first kappa shape index (κ1) is 25.7. The number of nitrogens with zero attached hydrogens (tertiary/aromatic N) is 3. The number of carbonyl (C=O) groups is 1. The molecule has 3 aromatic rings. The van der Waals surface area contributed by atoms with E-state index in [1.54, 1.807) is 6.07 Å². The smallest absolute Gasteiger partial charge is 0.255 e. The molecular formula is C29H33FN4O2S. The van der Waals surface area contributed by atoms with Crippen LogP contribution in [-0.2, 0) is 16.8 Å². The predicted molar refractivity (Wildman–Crippen MR) is 148 cm³/mol. The van der Waals surface area contributed by atoms with Crippen LogP contribution in [0, 0.1) is 12.8 Å². The molecule has 1 aromatic carbocycles. The number of halogens is 1. The summed E-state index contributed by atoms with van der Waals surface area (Å²) in [6.45, 7) is 7.27. The summed E-state index contributed by atoms with van der Waals surface area (Å²) in [4.78, 5) is 24.4. The summed E-state index contributed by atoms with van der Waals surface area (Å²) in [5.41, 5.74) is 5.11. The van der Waals surface area contributed by atoms with Crippen molar-refractivity contribution in [3.8, 4) is 11.1 Å². The Morgan fingerprint density at radius 3 is 2.86 bits per heavy atom. The highest BCUT2D eigenvalue weighted by Crippen LogP contribution is 2.38. The lowest BCUT2D eigenvalue weighted by Gasteiger charge is -2.45. The number of amides is 1. The van der Waals surface area contributed by atoms with Gasteiger partial charge in [0.1, 0.15) is 5.67 Å². The first-order chi connectivity index (χ1) is 17.7. The Labute approximate surface area is 222 Å². The van der Waals surface area contributed by atoms with E-state index >= 15 is 0 Å². The number of aromatic nitrogens is 2. The van der Waals surface area contributed by atoms with Crippen LogP contribution in [0.4, 0.5) is 15.8 Å². The van der Waals surface area contributed by atoms with Gasteiger partial charge in [-0.25, -0.2) is 4.39 Å². The minimum absolute atomic E-state index is 0.228. The number of carbonyl (C=O) groups excluding carboxylic acids is 1. The largest absolute Gasteiger partial charge is 0.377 e. The SMILES string of the molecule is CSCC1Cc2ncc(-c3cc(NC(=O)c4ccnc(C(C)(C)F)c4)ccc3C)cc2N2CCOCC12. The Morgan fingerprint density at radius 1 is 1.24 bits per heavy atom. The molecule has 5 rings (SSSR count). The van der Waals surface area contributed by atoms with Crippen LogP contribution in [0.3, 0.4) is 0 Å². The lowest BCUT2D eigenvalue weighted by Crippen LogP contribution is -2.53. The Kier molecular flexibility index (Phi) is 7.23. The summed E-state index contributed by atoms with van der Waals surface area (Å²) >= 11 is 1.88. The number of rotatable bonds is 6. The van der Waals surface area contributed by atoms with E-state index in [9.17, 15) is 9.18 Å². The summed E-state index contributed by atoms with van der Waals surface area (Å²) in [6, 6.07) is 11.6. The van der Waals surface area contributed by atoms with Crippen LogP contribution in [-0.4, -0.2) is 53.7 Å². The van der Waals surface area contributed by atoms with Gasteiger partial charge in [0.15, 0.2) is 0 Å². The molecule has 0 aliphatic carbocycles. The minimum Gasteiger partial charge on any atom is -0.377 e. The molecule has 0 bridgehead atoms. The normalized spacial score (nSPS) is 19.2. The first-order valence-corrected chi connectivity index (χ1v) is 14.0. The number of fused-ring (bicyclic) bond motifs is 3. The van der Waals surface area contributed by atoms with Gasteiger partial charge in [0.05, 0.1) is 36.3 Å². The summed E-state index contributed by atoms with van der Waals surface area (Å²) in [5.74, 6) is 1.32. The third kappa shape index (κ3) is 5.36. The maximum atomic E-state index is 14.3. The molecule has 0 saturated carbocycles. The highest BCUT2D eigenvalue weighted by Gasteiger charge is 2.37. The van der Waals surface area contributed by atoms with E-state index in [-0.39, 0.29) is 11.6 Å². The van der Waals surface area contributed by atoms with Crippen LogP contribution in [0.2, 0.25) is 0 Å². The minimum atomic E-state index is -1.62. The molecule has 2 aliphatic heterocycles. The van der Waals surface area contributed by atoms with E-state index in [2.05, 4.69) is 34.4 Å². The second-order valence-electron chi connectivity index (χ2n) is 10.3. The fourth-order valence-electron chi connectivity index (χ4n) is 5.23. The van der Waals surface area contributed by atoms with Gasteiger partial charge in [0, 0.05) is 35.8 Å². The molecule has 4 heterocycles. The van der Waals surface area contributed by atoms with Gasteiger partial charge < -0.3 is 15.0 Å². The number of pyridine rings is 2. The van der Waals surface area contributed by atoms with Gasteiger partial charge in [-0.1, -0.05) is 6.07 Å². The second-order valence-corrected chi connectivity index (χ2v) is 11.2. The molecule has 8 heteroatoms. The van der Waals surface area contributed by atoms with Crippen molar-refractivity contribution in [2.75, 3.05) is 42.0 Å². The number of benzene rings is 1. The van der Waals surface area contributed by atoms with Crippen molar-refractivity contribution >= 4 is 29.0 Å². The zero-order valence-electron chi connectivity index (χ0n) is 21.8. The van der Waals surface area contributed by atoms with Crippen molar-refractivity contribution in [2.24, 2.45) is 5.92 Å². The van der Waals surface area contributed by atoms with E-state index in [1.165, 1.54) is 31.8 Å². The van der Waals surface area contributed by atoms with E-state index in [0.29, 0.717) is 23.2 Å². The highest BCUT2D eigenvalue weighted by atomic mass is 32.2. The highest BCUT2D eigenvalue weighted by molar-refractivity contribution is 7.98. The number of thioether (sulfide) groups is 1. The van der Waals surface area contributed by atoms with Crippen molar-refractivity contribution < 1.29 is 13.9 Å². The Bertz CT molecular complexity index is 1310. The molecule has 194 valence electrons. The summed E-state index contributed by atoms with van der Waals surface area (Å²) in [7, 11) is 0. The number of alkyl halides is 1. The lowest BCUT2D eigenvalue weighted by molar-refractivity contribution is 0.0755. The van der Waals surface area contributed by atoms with Gasteiger partial charge in [-0.15, -0.1) is 0 Å². The van der Waals surface area contributed by atoms with E-state index < -0.39 is 5.67 Å². The average Bonchev–Trinajstić information content (AvgIpc) is 2.89. The van der Waals surface area contributed by atoms with Crippen molar-refractivity contribution in [3.05, 3.63) is 71.3 Å². The Hall–Kier alpha value is -2.97. The standard InChI is InChI=1S/C29H33FN4O2S/c1-18-5-6-22(33-28(35)19-7-8-31-27(13-19)29(2,3)30)14-23(18)20-12-25-24(32-15-20)11-21(17-37-4)26-16-36-10-9-34(25)26/h5-8,12-15,21,26H,9-11,16-17H2,1-4H3,(H,33,35). The topological polar surface area (TPSA) is 67.4 Å². The van der Waals surface area contributed by atoms with Crippen molar-refractivity contribution in [1.29, 1.82) is 0 Å². The fraction of sp³-hybridized carbons (Fsp3) is 0.414. The number of ether oxygens (including phenoxy) is 1. The van der Waals surface area contributed by atoms with Crippen LogP contribution in [0.1, 0.15) is 41.2 Å². The molecule has 37 heavy (non-hydrogen) atoms. The number of anilines is 2. The predicted octanol–water partition coefficient (Wildman–Crippen LogP) is 5.65. The number of hydrogen-bond donors (Lipinski definition) is 1. The molecule has 2 aromatic heterocycles. The van der Waals surface area contributed by atoms with Crippen molar-refractivity contribution in [1.82, 2.24) is 9.97 Å². The number of nitrogens with one attached hydrogen (secondary N) is 1. The molecule has 1 N–H and O–H groups in total. The lowest BCUT2D eigenvalue weighted by atomic mass is 9.88. The van der Waals surface area contributed by atoms with Crippen LogP contribution in [0.5, 0.6) is 0 Å². The summed E-state index contributed by atoms with van der Waals surface area (Å²) < 4.78 is 20.2.